The molecule has 0 aromatic heterocycles. The smallest absolute Gasteiger partial charge is 0.185 e. The molecule has 0 aliphatic carbocycles. The number of halogens is 1. The van der Waals surface area contributed by atoms with E-state index in [1.165, 1.54) is 5.01 Å². The molecule has 0 aliphatic rings. The van der Waals surface area contributed by atoms with Gasteiger partial charge in [-0.1, -0.05) is 11.6 Å². The predicted octanol–water partition coefficient (Wildman–Crippen LogP) is 1.26. The molecule has 0 aliphatic heterocycles. The third kappa shape index (κ3) is 2.07. The van der Waals surface area contributed by atoms with Crippen LogP contribution in [0, 0.1) is 0 Å². The van der Waals surface area contributed by atoms with Crippen LogP contribution in [-0.2, 0) is 0 Å². The van der Waals surface area contributed by atoms with Gasteiger partial charge in [-0.15, -0.1) is 0 Å². The molecule has 1 aromatic carbocycles. The minimum Gasteiger partial charge on any atom is -0.375 e. The Morgan fingerprint density at radius 3 is 2.25 bits per heavy atom. The lowest BCUT2D eigenvalue weighted by molar-refractivity contribution is 1.13. The molecule has 12 heavy (non-hydrogen) atoms. The van der Waals surface area contributed by atoms with Crippen molar-refractivity contribution >= 4 is 34.6 Å². The number of anilines is 1. The van der Waals surface area contributed by atoms with Gasteiger partial charge in [0.15, 0.2) is 5.11 Å². The van der Waals surface area contributed by atoms with Crippen LogP contribution in [0.4, 0.5) is 5.69 Å². The van der Waals surface area contributed by atoms with Gasteiger partial charge < -0.3 is 5.73 Å². The summed E-state index contributed by atoms with van der Waals surface area (Å²) >= 11 is 10.4. The molecule has 5 heteroatoms. The summed E-state index contributed by atoms with van der Waals surface area (Å²) in [4.78, 5) is 0. The Labute approximate surface area is 80.9 Å². The fourth-order valence-electron chi connectivity index (χ4n) is 0.729. The molecule has 0 saturated heterocycles. The molecule has 0 saturated carbocycles. The van der Waals surface area contributed by atoms with Crippen molar-refractivity contribution in [2.24, 2.45) is 11.6 Å². The van der Waals surface area contributed by atoms with E-state index in [4.69, 9.17) is 23.2 Å². The third-order valence-corrected chi connectivity index (χ3v) is 1.79. The summed E-state index contributed by atoms with van der Waals surface area (Å²) in [5, 5.41) is 1.98. The van der Waals surface area contributed by atoms with Gasteiger partial charge in [0.25, 0.3) is 0 Å². The van der Waals surface area contributed by atoms with Gasteiger partial charge >= 0.3 is 0 Å². The summed E-state index contributed by atoms with van der Waals surface area (Å²) in [6.45, 7) is 0. The molecule has 0 atom stereocenters. The molecular formula is C7H8ClN3S. The van der Waals surface area contributed by atoms with Crippen molar-refractivity contribution in [2.75, 3.05) is 5.01 Å². The number of nitrogens with two attached hydrogens (primary N) is 2. The first kappa shape index (κ1) is 9.25. The molecular weight excluding hydrogens is 194 g/mol. The Kier molecular flexibility index (Phi) is 2.86. The average molecular weight is 202 g/mol. The van der Waals surface area contributed by atoms with Gasteiger partial charge in [0.05, 0.1) is 5.69 Å². The topological polar surface area (TPSA) is 55.3 Å². The van der Waals surface area contributed by atoms with Crippen LogP contribution in [0.25, 0.3) is 0 Å². The molecule has 0 fully saturated rings. The molecule has 0 spiro atoms. The van der Waals surface area contributed by atoms with Gasteiger partial charge in [-0.2, -0.15) is 0 Å². The van der Waals surface area contributed by atoms with Crippen LogP contribution in [0.1, 0.15) is 0 Å². The maximum atomic E-state index is 5.67. The van der Waals surface area contributed by atoms with E-state index < -0.39 is 0 Å². The normalized spacial score (nSPS) is 9.50. The van der Waals surface area contributed by atoms with Crippen molar-refractivity contribution in [3.63, 3.8) is 0 Å². The Hall–Kier alpha value is -0.840. The van der Waals surface area contributed by atoms with Crippen molar-refractivity contribution in [2.45, 2.75) is 0 Å². The molecule has 64 valence electrons. The molecule has 0 bridgehead atoms. The number of benzene rings is 1. The first-order chi connectivity index (χ1) is 5.61. The zero-order chi connectivity index (χ0) is 9.14. The molecule has 0 unspecified atom stereocenters. The predicted molar refractivity (Wildman–Crippen MR) is 54.9 cm³/mol. The Morgan fingerprint density at radius 2 is 1.83 bits per heavy atom. The van der Waals surface area contributed by atoms with E-state index in [2.05, 4.69) is 12.2 Å². The molecule has 1 rings (SSSR count). The van der Waals surface area contributed by atoms with E-state index in [9.17, 15) is 0 Å². The number of hydrogen-bond donors (Lipinski definition) is 2. The van der Waals surface area contributed by atoms with E-state index >= 15 is 0 Å². The molecule has 1 aromatic rings. The Morgan fingerprint density at radius 1 is 1.33 bits per heavy atom. The zero-order valence-corrected chi connectivity index (χ0v) is 7.77. The lowest BCUT2D eigenvalue weighted by Gasteiger charge is -2.15. The van der Waals surface area contributed by atoms with E-state index in [0.717, 1.165) is 0 Å². The fraction of sp³-hybridized carbons (Fsp3) is 0. The largest absolute Gasteiger partial charge is 0.375 e. The number of rotatable bonds is 1. The molecule has 0 heterocycles. The second kappa shape index (κ2) is 3.71. The summed E-state index contributed by atoms with van der Waals surface area (Å²) in [5.74, 6) is 5.51. The second-order valence-corrected chi connectivity index (χ2v) is 3.04. The molecule has 0 radical (unpaired) electrons. The number of nitrogens with zero attached hydrogens (tertiary/aromatic N) is 1. The van der Waals surface area contributed by atoms with Gasteiger partial charge in [-0.05, 0) is 36.5 Å². The molecule has 3 nitrogen and oxygen atoms in total. The highest BCUT2D eigenvalue weighted by Crippen LogP contribution is 2.15. The quantitative estimate of drug-likeness (QED) is 0.408. The second-order valence-electron chi connectivity index (χ2n) is 2.18. The van der Waals surface area contributed by atoms with Crippen molar-refractivity contribution in [1.82, 2.24) is 0 Å². The lowest BCUT2D eigenvalue weighted by Crippen LogP contribution is -2.41. The summed E-state index contributed by atoms with van der Waals surface area (Å²) in [6, 6.07) is 6.91. The lowest BCUT2D eigenvalue weighted by atomic mass is 10.3. The summed E-state index contributed by atoms with van der Waals surface area (Å²) in [7, 11) is 0. The highest BCUT2D eigenvalue weighted by Gasteiger charge is 2.02. The van der Waals surface area contributed by atoms with Crippen LogP contribution in [-0.4, -0.2) is 5.11 Å². The van der Waals surface area contributed by atoms with Gasteiger partial charge in [0, 0.05) is 5.02 Å². The van der Waals surface area contributed by atoms with Crippen LogP contribution >= 0.6 is 23.8 Å². The van der Waals surface area contributed by atoms with Crippen LogP contribution in [0.3, 0.4) is 0 Å². The van der Waals surface area contributed by atoms with Gasteiger partial charge in [0.1, 0.15) is 0 Å². The Bertz CT molecular complexity index is 285. The number of thiocarbonyl (C=S) groups is 1. The monoisotopic (exact) mass is 201 g/mol. The van der Waals surface area contributed by atoms with E-state index in [1.54, 1.807) is 24.3 Å². The van der Waals surface area contributed by atoms with Crippen molar-refractivity contribution < 1.29 is 0 Å². The molecule has 4 N–H and O–H groups in total. The minimum atomic E-state index is 0.123. The summed E-state index contributed by atoms with van der Waals surface area (Å²) in [5.41, 5.74) is 6.02. The SMILES string of the molecule is NC(=S)N(N)c1ccc(Cl)cc1. The van der Waals surface area contributed by atoms with E-state index in [-0.39, 0.29) is 5.11 Å². The van der Waals surface area contributed by atoms with Crippen molar-refractivity contribution in [3.05, 3.63) is 29.3 Å². The van der Waals surface area contributed by atoms with Crippen LogP contribution in [0.2, 0.25) is 5.02 Å². The van der Waals surface area contributed by atoms with E-state index in [0.29, 0.717) is 10.7 Å². The van der Waals surface area contributed by atoms with Crippen molar-refractivity contribution in [1.29, 1.82) is 0 Å². The fourth-order valence-corrected chi connectivity index (χ4v) is 0.960. The van der Waals surface area contributed by atoms with Crippen LogP contribution < -0.4 is 16.6 Å². The highest BCUT2D eigenvalue weighted by atomic mass is 35.5. The van der Waals surface area contributed by atoms with Crippen LogP contribution in [0.15, 0.2) is 24.3 Å². The standard InChI is InChI=1S/C7H8ClN3S/c8-5-1-3-6(4-2-5)11(10)7(9)12/h1-4H,10H2,(H2,9,12). The number of hydrazine groups is 1. The minimum absolute atomic E-state index is 0.123. The number of hydrogen-bond acceptors (Lipinski definition) is 2. The van der Waals surface area contributed by atoms with Crippen LogP contribution in [0.5, 0.6) is 0 Å². The first-order valence-electron chi connectivity index (χ1n) is 3.21. The summed E-state index contributed by atoms with van der Waals surface area (Å²) < 4.78 is 0. The Balaban J connectivity index is 2.89. The molecule has 0 amide bonds. The van der Waals surface area contributed by atoms with Gasteiger partial charge in [-0.25, -0.2) is 5.84 Å². The third-order valence-electron chi connectivity index (χ3n) is 1.34. The maximum Gasteiger partial charge on any atom is 0.185 e. The summed E-state index contributed by atoms with van der Waals surface area (Å²) in [6.07, 6.45) is 0. The zero-order valence-electron chi connectivity index (χ0n) is 6.20. The average Bonchev–Trinajstić information content (AvgIpc) is 2.04. The van der Waals surface area contributed by atoms with Gasteiger partial charge in [-0.3, -0.25) is 5.01 Å². The maximum absolute atomic E-state index is 5.67. The highest BCUT2D eigenvalue weighted by molar-refractivity contribution is 7.80. The van der Waals surface area contributed by atoms with Crippen molar-refractivity contribution in [3.8, 4) is 0 Å². The van der Waals surface area contributed by atoms with Gasteiger partial charge in [0.2, 0.25) is 0 Å². The van der Waals surface area contributed by atoms with E-state index in [1.807, 2.05) is 0 Å². The first-order valence-corrected chi connectivity index (χ1v) is 3.99.